The van der Waals surface area contributed by atoms with Gasteiger partial charge < -0.3 is 4.52 Å². The Kier molecular flexibility index (Phi) is 8.57. The van der Waals surface area contributed by atoms with Crippen molar-refractivity contribution >= 4 is 9.47 Å². The third kappa shape index (κ3) is 7.37. The zero-order valence-corrected chi connectivity index (χ0v) is 12.9. The van der Waals surface area contributed by atoms with Crippen LogP contribution < -0.4 is 0 Å². The van der Waals surface area contributed by atoms with Crippen LogP contribution in [0.4, 0.5) is 0 Å². The largest absolute Gasteiger partial charge is 0.358 e. The standard InChI is InChI=1S/C16H24NOP/c1-2-3-5-9-16(18-19)10-7-4-6-8-14-13-15(14)11-12-17/h7,10,14-16H,2-3,5,8-9,11,13,19H2,1H3/b10-7+/t14-,15+,16?/m0/s1. The van der Waals surface area contributed by atoms with Crippen molar-refractivity contribution in [1.82, 2.24) is 0 Å². The second-order valence-electron chi connectivity index (χ2n) is 5.17. The lowest BCUT2D eigenvalue weighted by atomic mass is 10.1. The van der Waals surface area contributed by atoms with E-state index in [0.29, 0.717) is 18.3 Å². The summed E-state index contributed by atoms with van der Waals surface area (Å²) in [5, 5.41) is 8.57. The fourth-order valence-electron chi connectivity index (χ4n) is 2.14. The molecule has 2 nitrogen and oxygen atoms in total. The van der Waals surface area contributed by atoms with Crippen molar-refractivity contribution in [2.45, 2.75) is 58.0 Å². The van der Waals surface area contributed by atoms with E-state index in [2.05, 4.69) is 34.3 Å². The van der Waals surface area contributed by atoms with Crippen molar-refractivity contribution in [3.8, 4) is 17.9 Å². The highest BCUT2D eigenvalue weighted by Gasteiger charge is 2.35. The molecule has 0 aromatic carbocycles. The van der Waals surface area contributed by atoms with Gasteiger partial charge in [0.25, 0.3) is 0 Å². The second kappa shape index (κ2) is 10.0. The number of nitriles is 1. The maximum Gasteiger partial charge on any atom is 0.0800 e. The Labute approximate surface area is 119 Å². The molecule has 1 aliphatic rings. The normalized spacial score (nSPS) is 22.6. The van der Waals surface area contributed by atoms with E-state index >= 15 is 0 Å². The molecule has 0 aliphatic heterocycles. The molecule has 0 heterocycles. The molecule has 2 unspecified atom stereocenters. The van der Waals surface area contributed by atoms with Crippen molar-refractivity contribution in [1.29, 1.82) is 5.26 Å². The maximum absolute atomic E-state index is 8.57. The highest BCUT2D eigenvalue weighted by atomic mass is 31.0. The summed E-state index contributed by atoms with van der Waals surface area (Å²) in [4.78, 5) is 0. The Morgan fingerprint density at radius 3 is 2.84 bits per heavy atom. The molecule has 19 heavy (non-hydrogen) atoms. The molecule has 0 N–H and O–H groups in total. The van der Waals surface area contributed by atoms with Crippen molar-refractivity contribution in [3.05, 3.63) is 12.2 Å². The maximum atomic E-state index is 8.57. The minimum absolute atomic E-state index is 0.165. The Hall–Kier alpha value is -0.820. The molecular weight excluding hydrogens is 253 g/mol. The zero-order chi connectivity index (χ0) is 13.9. The molecule has 1 aliphatic carbocycles. The minimum atomic E-state index is 0.165. The smallest absolute Gasteiger partial charge is 0.0800 e. The number of nitrogens with zero attached hydrogens (tertiary/aromatic N) is 1. The van der Waals surface area contributed by atoms with E-state index in [0.717, 1.165) is 12.8 Å². The van der Waals surface area contributed by atoms with Crippen molar-refractivity contribution in [3.63, 3.8) is 0 Å². The fraction of sp³-hybridized carbons (Fsp3) is 0.688. The van der Waals surface area contributed by atoms with E-state index in [1.54, 1.807) is 0 Å². The average Bonchev–Trinajstić information content (AvgIpc) is 3.15. The molecule has 0 aromatic rings. The van der Waals surface area contributed by atoms with Crippen molar-refractivity contribution < 1.29 is 4.52 Å². The SMILES string of the molecule is CCCCCC(/C=C/C#CC[C@H]1C[C@H]1CC#N)OP. The fourth-order valence-corrected chi connectivity index (χ4v) is 2.36. The van der Waals surface area contributed by atoms with Gasteiger partial charge in [0, 0.05) is 22.3 Å². The second-order valence-corrected chi connectivity index (χ2v) is 5.44. The van der Waals surface area contributed by atoms with Gasteiger partial charge in [-0.15, -0.1) is 0 Å². The first-order valence-electron chi connectivity index (χ1n) is 7.19. The van der Waals surface area contributed by atoms with Crippen LogP contribution in [-0.2, 0) is 4.52 Å². The summed E-state index contributed by atoms with van der Waals surface area (Å²) in [6.45, 7) is 2.20. The first-order valence-corrected chi connectivity index (χ1v) is 7.66. The lowest BCUT2D eigenvalue weighted by molar-refractivity contribution is 0.274. The summed E-state index contributed by atoms with van der Waals surface area (Å²) in [7, 11) is 2.34. The monoisotopic (exact) mass is 277 g/mol. The first kappa shape index (κ1) is 16.2. The lowest BCUT2D eigenvalue weighted by Crippen LogP contribution is -2.02. The molecule has 0 amide bonds. The first-order chi connectivity index (χ1) is 9.31. The summed E-state index contributed by atoms with van der Waals surface area (Å²) < 4.78 is 5.31. The number of hydrogen-bond acceptors (Lipinski definition) is 2. The van der Waals surface area contributed by atoms with Crippen molar-refractivity contribution in [2.24, 2.45) is 11.8 Å². The van der Waals surface area contributed by atoms with Crippen LogP contribution in [0.2, 0.25) is 0 Å². The molecule has 104 valence electrons. The van der Waals surface area contributed by atoms with Crippen LogP contribution in [0.25, 0.3) is 0 Å². The van der Waals surface area contributed by atoms with Crippen LogP contribution in [0.5, 0.6) is 0 Å². The third-order valence-corrected chi connectivity index (χ3v) is 3.90. The number of hydrogen-bond donors (Lipinski definition) is 0. The van der Waals surface area contributed by atoms with Crippen molar-refractivity contribution in [2.75, 3.05) is 0 Å². The summed E-state index contributed by atoms with van der Waals surface area (Å²) in [6, 6.07) is 2.23. The molecule has 1 saturated carbocycles. The Morgan fingerprint density at radius 1 is 1.37 bits per heavy atom. The summed E-state index contributed by atoms with van der Waals surface area (Å²) in [5.74, 6) is 7.52. The zero-order valence-electron chi connectivity index (χ0n) is 11.8. The quantitative estimate of drug-likeness (QED) is 0.377. The van der Waals surface area contributed by atoms with Gasteiger partial charge in [0.1, 0.15) is 0 Å². The number of rotatable bonds is 8. The van der Waals surface area contributed by atoms with Gasteiger partial charge in [-0.05, 0) is 36.8 Å². The van der Waals surface area contributed by atoms with E-state index in [4.69, 9.17) is 9.79 Å². The van der Waals surface area contributed by atoms with Crippen LogP contribution in [0.15, 0.2) is 12.2 Å². The molecule has 0 radical (unpaired) electrons. The molecule has 1 fully saturated rings. The Balaban J connectivity index is 2.16. The van der Waals surface area contributed by atoms with Crippen LogP contribution in [0.1, 0.15) is 51.9 Å². The van der Waals surface area contributed by atoms with Crippen LogP contribution in [0.3, 0.4) is 0 Å². The van der Waals surface area contributed by atoms with E-state index < -0.39 is 0 Å². The van der Waals surface area contributed by atoms with Gasteiger partial charge in [-0.1, -0.05) is 38.0 Å². The van der Waals surface area contributed by atoms with Gasteiger partial charge in [-0.25, -0.2) is 0 Å². The van der Waals surface area contributed by atoms with Gasteiger partial charge in [0.2, 0.25) is 0 Å². The summed E-state index contributed by atoms with van der Waals surface area (Å²) in [6.07, 6.45) is 11.7. The predicted molar refractivity (Wildman–Crippen MR) is 82.1 cm³/mol. The Bertz CT molecular complexity index is 374. The number of allylic oxidation sites excluding steroid dienone is 1. The van der Waals surface area contributed by atoms with Gasteiger partial charge in [-0.3, -0.25) is 0 Å². The van der Waals surface area contributed by atoms with Gasteiger partial charge in [-0.2, -0.15) is 5.26 Å². The van der Waals surface area contributed by atoms with Gasteiger partial charge in [0.05, 0.1) is 12.2 Å². The summed E-state index contributed by atoms with van der Waals surface area (Å²) >= 11 is 0. The highest BCUT2D eigenvalue weighted by molar-refractivity contribution is 7.09. The van der Waals surface area contributed by atoms with E-state index in [1.807, 2.05) is 12.2 Å². The van der Waals surface area contributed by atoms with E-state index in [1.165, 1.54) is 25.7 Å². The summed E-state index contributed by atoms with van der Waals surface area (Å²) in [5.41, 5.74) is 0. The van der Waals surface area contributed by atoms with Crippen LogP contribution >= 0.6 is 9.47 Å². The molecular formula is C16H24NOP. The molecule has 1 rings (SSSR count). The molecule has 0 aromatic heterocycles. The van der Waals surface area contributed by atoms with E-state index in [-0.39, 0.29) is 6.10 Å². The predicted octanol–water partition coefficient (Wildman–Crippen LogP) is 4.24. The van der Waals surface area contributed by atoms with Crippen LogP contribution in [0, 0.1) is 35.0 Å². The van der Waals surface area contributed by atoms with Gasteiger partial charge in [0.15, 0.2) is 0 Å². The Morgan fingerprint density at radius 2 is 2.16 bits per heavy atom. The molecule has 4 atom stereocenters. The third-order valence-electron chi connectivity index (χ3n) is 3.55. The molecule has 0 bridgehead atoms. The van der Waals surface area contributed by atoms with Crippen LogP contribution in [-0.4, -0.2) is 6.10 Å². The minimum Gasteiger partial charge on any atom is -0.358 e. The lowest BCUT2D eigenvalue weighted by Gasteiger charge is -2.08. The highest BCUT2D eigenvalue weighted by Crippen LogP contribution is 2.43. The number of unbranched alkanes of at least 4 members (excludes halogenated alkanes) is 2. The topological polar surface area (TPSA) is 33.0 Å². The van der Waals surface area contributed by atoms with E-state index in [9.17, 15) is 0 Å². The molecule has 3 heteroatoms. The molecule has 0 saturated heterocycles. The van der Waals surface area contributed by atoms with Gasteiger partial charge >= 0.3 is 0 Å². The molecule has 0 spiro atoms. The average molecular weight is 277 g/mol.